The molecule has 0 radical (unpaired) electrons. The maximum Gasteiger partial charge on any atom is 0.238 e. The predicted octanol–water partition coefficient (Wildman–Crippen LogP) is 3.30. The van der Waals surface area contributed by atoms with Gasteiger partial charge in [-0.3, -0.25) is 4.79 Å². The lowest BCUT2D eigenvalue weighted by Crippen LogP contribution is -2.44. The fourth-order valence-corrected chi connectivity index (χ4v) is 4.57. The van der Waals surface area contributed by atoms with Gasteiger partial charge in [0, 0.05) is 6.04 Å². The van der Waals surface area contributed by atoms with Crippen molar-refractivity contribution in [2.24, 2.45) is 5.92 Å². The number of sulfone groups is 1. The number of hydrogen-bond acceptors (Lipinski definition) is 3. The smallest absolute Gasteiger partial charge is 0.238 e. The zero-order valence-electron chi connectivity index (χ0n) is 15.1. The van der Waals surface area contributed by atoms with Crippen molar-refractivity contribution in [3.8, 4) is 0 Å². The van der Waals surface area contributed by atoms with E-state index in [9.17, 15) is 13.2 Å². The zero-order valence-corrected chi connectivity index (χ0v) is 15.9. The molecule has 0 unspecified atom stereocenters. The van der Waals surface area contributed by atoms with Gasteiger partial charge in [0.2, 0.25) is 5.91 Å². The molecule has 134 valence electrons. The van der Waals surface area contributed by atoms with E-state index in [4.69, 9.17) is 0 Å². The summed E-state index contributed by atoms with van der Waals surface area (Å²) in [5.41, 5.74) is 2.75. The Morgan fingerprint density at radius 3 is 2.46 bits per heavy atom. The number of carbonyl (C=O) groups excluding carboxylic acids is 1. The molecule has 0 heterocycles. The van der Waals surface area contributed by atoms with Gasteiger partial charge in [-0.15, -0.1) is 0 Å². The predicted molar refractivity (Wildman–Crippen MR) is 97.6 cm³/mol. The molecule has 1 amide bonds. The average Bonchev–Trinajstić information content (AvgIpc) is 2.52. The summed E-state index contributed by atoms with van der Waals surface area (Å²) in [5.74, 6) is 0.250. The zero-order chi connectivity index (χ0) is 17.9. The van der Waals surface area contributed by atoms with E-state index in [2.05, 4.69) is 12.2 Å². The third-order valence-electron chi connectivity index (χ3n) is 5.13. The highest BCUT2D eigenvalue weighted by Gasteiger charge is 2.30. The van der Waals surface area contributed by atoms with E-state index in [-0.39, 0.29) is 17.7 Å². The summed E-state index contributed by atoms with van der Waals surface area (Å²) in [4.78, 5) is 12.4. The van der Waals surface area contributed by atoms with Gasteiger partial charge in [0.1, 0.15) is 5.25 Å². The Labute approximate surface area is 146 Å². The first-order valence-electron chi connectivity index (χ1n) is 8.77. The first kappa shape index (κ1) is 19.0. The lowest BCUT2D eigenvalue weighted by atomic mass is 9.87. The van der Waals surface area contributed by atoms with E-state index < -0.39 is 15.1 Å². The van der Waals surface area contributed by atoms with Gasteiger partial charge < -0.3 is 5.32 Å². The second kappa shape index (κ2) is 7.68. The molecule has 0 bridgehead atoms. The molecule has 24 heavy (non-hydrogen) atoms. The van der Waals surface area contributed by atoms with Crippen LogP contribution in [0.3, 0.4) is 0 Å². The van der Waals surface area contributed by atoms with Crippen LogP contribution in [0.2, 0.25) is 0 Å². The molecular formula is C19H29NO3S. The highest BCUT2D eigenvalue weighted by molar-refractivity contribution is 7.92. The van der Waals surface area contributed by atoms with Gasteiger partial charge in [-0.05, 0) is 63.5 Å². The molecule has 1 aromatic rings. The minimum absolute atomic E-state index is 0.0865. The van der Waals surface area contributed by atoms with Crippen molar-refractivity contribution in [2.75, 3.05) is 0 Å². The monoisotopic (exact) mass is 351 g/mol. The standard InChI is InChI=1S/C19H29NO3S/c1-13-6-9-18(10-7-13)20-19(21)16(4)24(22,23)12-17-11-14(2)5-8-15(17)3/h5,8,11,13,16,18H,6-7,9-10,12H2,1-4H3,(H,20,21)/t13?,16-,18?/m1/s1. The number of rotatable bonds is 5. The summed E-state index contributed by atoms with van der Waals surface area (Å²) in [7, 11) is -3.53. The lowest BCUT2D eigenvalue weighted by molar-refractivity contribution is -0.121. The van der Waals surface area contributed by atoms with Crippen molar-refractivity contribution in [3.05, 3.63) is 34.9 Å². The summed E-state index contributed by atoms with van der Waals surface area (Å²) in [6.45, 7) is 7.56. The Bertz CT molecular complexity index is 689. The van der Waals surface area contributed by atoms with Crippen LogP contribution in [-0.4, -0.2) is 25.6 Å². The van der Waals surface area contributed by atoms with Crippen LogP contribution in [0.15, 0.2) is 18.2 Å². The number of benzene rings is 1. The molecule has 1 aliphatic carbocycles. The van der Waals surface area contributed by atoms with Gasteiger partial charge in [0.25, 0.3) is 0 Å². The summed E-state index contributed by atoms with van der Waals surface area (Å²) >= 11 is 0. The molecule has 0 spiro atoms. The molecule has 1 aromatic carbocycles. The van der Waals surface area contributed by atoms with Gasteiger partial charge in [0.15, 0.2) is 9.84 Å². The van der Waals surface area contributed by atoms with Crippen molar-refractivity contribution in [1.29, 1.82) is 0 Å². The van der Waals surface area contributed by atoms with Gasteiger partial charge in [-0.25, -0.2) is 8.42 Å². The molecule has 1 atom stereocenters. The quantitative estimate of drug-likeness (QED) is 0.885. The fraction of sp³-hybridized carbons (Fsp3) is 0.632. The third-order valence-corrected chi connectivity index (χ3v) is 7.14. The maximum atomic E-state index is 12.6. The van der Waals surface area contributed by atoms with Crippen LogP contribution < -0.4 is 5.32 Å². The van der Waals surface area contributed by atoms with Crippen LogP contribution in [0.5, 0.6) is 0 Å². The molecule has 1 saturated carbocycles. The van der Waals surface area contributed by atoms with Crippen molar-refractivity contribution in [1.82, 2.24) is 5.32 Å². The van der Waals surface area contributed by atoms with Crippen LogP contribution in [0, 0.1) is 19.8 Å². The molecule has 1 N–H and O–H groups in total. The molecule has 0 aliphatic heterocycles. The topological polar surface area (TPSA) is 63.2 Å². The molecule has 0 saturated heterocycles. The second-order valence-electron chi connectivity index (χ2n) is 7.34. The van der Waals surface area contributed by atoms with E-state index >= 15 is 0 Å². The van der Waals surface area contributed by atoms with Crippen molar-refractivity contribution in [2.45, 2.75) is 70.4 Å². The van der Waals surface area contributed by atoms with Gasteiger partial charge in [-0.1, -0.05) is 30.7 Å². The van der Waals surface area contributed by atoms with Crippen LogP contribution >= 0.6 is 0 Å². The number of hydrogen-bond donors (Lipinski definition) is 1. The molecule has 2 rings (SSSR count). The molecule has 4 nitrogen and oxygen atoms in total. The van der Waals surface area contributed by atoms with Gasteiger partial charge >= 0.3 is 0 Å². The maximum absolute atomic E-state index is 12.6. The normalized spacial score (nSPS) is 22.8. The number of carbonyl (C=O) groups is 1. The minimum Gasteiger partial charge on any atom is -0.352 e. The Morgan fingerprint density at radius 1 is 1.21 bits per heavy atom. The number of amides is 1. The largest absolute Gasteiger partial charge is 0.352 e. The van der Waals surface area contributed by atoms with Crippen molar-refractivity contribution in [3.63, 3.8) is 0 Å². The Hall–Kier alpha value is -1.36. The summed E-state index contributed by atoms with van der Waals surface area (Å²) in [6.07, 6.45) is 4.07. The van der Waals surface area contributed by atoms with E-state index in [1.54, 1.807) is 0 Å². The van der Waals surface area contributed by atoms with E-state index in [1.165, 1.54) is 6.92 Å². The van der Waals surface area contributed by atoms with Crippen molar-refractivity contribution < 1.29 is 13.2 Å². The van der Waals surface area contributed by atoms with Crippen molar-refractivity contribution >= 4 is 15.7 Å². The Kier molecular flexibility index (Phi) is 6.07. The molecule has 5 heteroatoms. The first-order chi connectivity index (χ1) is 11.2. The highest BCUT2D eigenvalue weighted by atomic mass is 32.2. The molecular weight excluding hydrogens is 322 g/mol. The van der Waals surface area contributed by atoms with E-state index in [0.717, 1.165) is 42.4 Å². The lowest BCUT2D eigenvalue weighted by Gasteiger charge is -2.28. The van der Waals surface area contributed by atoms with E-state index in [0.29, 0.717) is 5.92 Å². The van der Waals surface area contributed by atoms with E-state index in [1.807, 2.05) is 32.0 Å². The summed E-state index contributed by atoms with van der Waals surface area (Å²) in [5, 5.41) is 1.92. The minimum atomic E-state index is -3.53. The van der Waals surface area contributed by atoms with Crippen LogP contribution in [0.4, 0.5) is 0 Å². The molecule has 1 aliphatic rings. The summed E-state index contributed by atoms with van der Waals surface area (Å²) < 4.78 is 25.3. The second-order valence-corrected chi connectivity index (χ2v) is 9.67. The highest BCUT2D eigenvalue weighted by Crippen LogP contribution is 2.24. The van der Waals surface area contributed by atoms with Crippen LogP contribution in [0.1, 0.15) is 56.2 Å². The van der Waals surface area contributed by atoms with Gasteiger partial charge in [-0.2, -0.15) is 0 Å². The number of nitrogens with one attached hydrogen (secondary N) is 1. The van der Waals surface area contributed by atoms with Crippen LogP contribution in [-0.2, 0) is 20.4 Å². The SMILES string of the molecule is Cc1ccc(C)c(CS(=O)(=O)[C@H](C)C(=O)NC2CCC(C)CC2)c1. The fourth-order valence-electron chi connectivity index (χ4n) is 3.18. The van der Waals surface area contributed by atoms with Crippen LogP contribution in [0.25, 0.3) is 0 Å². The molecule has 1 fully saturated rings. The Balaban J connectivity index is 2.02. The molecule has 0 aromatic heterocycles. The average molecular weight is 352 g/mol. The number of aryl methyl sites for hydroxylation is 2. The Morgan fingerprint density at radius 2 is 1.83 bits per heavy atom. The first-order valence-corrected chi connectivity index (χ1v) is 10.5. The third kappa shape index (κ3) is 4.82. The summed E-state index contributed by atoms with van der Waals surface area (Å²) in [6, 6.07) is 5.90. The van der Waals surface area contributed by atoms with Gasteiger partial charge in [0.05, 0.1) is 5.75 Å².